The van der Waals surface area contributed by atoms with Crippen LogP contribution in [0.4, 0.5) is 0 Å². The number of likely N-dealkylation sites (tertiary alicyclic amines) is 1. The molecule has 7 nitrogen and oxygen atoms in total. The molecule has 0 aliphatic carbocycles. The first-order chi connectivity index (χ1) is 20.1. The van der Waals surface area contributed by atoms with Gasteiger partial charge in [0.1, 0.15) is 0 Å². The molecule has 0 aromatic rings. The van der Waals surface area contributed by atoms with Gasteiger partial charge in [-0.1, -0.05) is 73.1 Å². The normalized spacial score (nSPS) is 20.7. The average Bonchev–Trinajstić information content (AvgIpc) is 3.44. The number of carbonyl (C=O) groups excluding carboxylic acids is 2. The molecule has 7 heteroatoms. The lowest BCUT2D eigenvalue weighted by Crippen LogP contribution is -2.54. The van der Waals surface area contributed by atoms with Gasteiger partial charge in [0, 0.05) is 51.7 Å². The van der Waals surface area contributed by atoms with E-state index in [1.165, 1.54) is 0 Å². The fourth-order valence-electron chi connectivity index (χ4n) is 7.14. The van der Waals surface area contributed by atoms with E-state index in [4.69, 9.17) is 9.47 Å². The minimum atomic E-state index is -0.415. The van der Waals surface area contributed by atoms with Crippen molar-refractivity contribution in [3.8, 4) is 0 Å². The molecule has 1 fully saturated rings. The molecule has 0 aromatic heterocycles. The Bertz CT molecular complexity index is 888. The zero-order valence-electron chi connectivity index (χ0n) is 30.1. The van der Waals surface area contributed by atoms with Crippen LogP contribution in [-0.4, -0.2) is 97.7 Å². The van der Waals surface area contributed by atoms with E-state index in [1.807, 2.05) is 22.9 Å². The van der Waals surface area contributed by atoms with Crippen molar-refractivity contribution < 1.29 is 19.1 Å². The molecule has 2 amide bonds. The van der Waals surface area contributed by atoms with E-state index in [0.29, 0.717) is 24.9 Å². The van der Waals surface area contributed by atoms with Crippen molar-refractivity contribution in [2.24, 2.45) is 29.6 Å². The van der Waals surface area contributed by atoms with E-state index in [-0.39, 0.29) is 66.1 Å². The third-order valence-electron chi connectivity index (χ3n) is 10.1. The minimum Gasteiger partial charge on any atom is -0.379 e. The Balaban J connectivity index is 3.27. The molecule has 250 valence electrons. The predicted molar refractivity (Wildman–Crippen MR) is 180 cm³/mol. The standard InChI is InChI=1S/C36H67N3O4/c1-16-26(9)34(31(42-14)22-32(40)39-20-18-19-30(39)35(43-15)27(10)17-2)38(13)36(41)29(23(3)4)21-28(11)33(24(5)6)37(12)25(7)8/h17,23-27,29-31,33-35H,2,11,16,18-22H2,1,3-10,12-15H3/t26?,27?,29-,30?,31?,33?,34?,35?/m0/s1. The molecule has 0 radical (unpaired) electrons. The van der Waals surface area contributed by atoms with Gasteiger partial charge in [0.05, 0.1) is 30.7 Å². The van der Waals surface area contributed by atoms with Gasteiger partial charge in [-0.15, -0.1) is 6.58 Å². The second-order valence-corrected chi connectivity index (χ2v) is 14.1. The Morgan fingerprint density at radius 1 is 0.977 bits per heavy atom. The third-order valence-corrected chi connectivity index (χ3v) is 10.1. The summed E-state index contributed by atoms with van der Waals surface area (Å²) in [5.41, 5.74) is 1.10. The van der Waals surface area contributed by atoms with Gasteiger partial charge in [-0.2, -0.15) is 0 Å². The highest BCUT2D eigenvalue weighted by atomic mass is 16.5. The Morgan fingerprint density at radius 3 is 2.02 bits per heavy atom. The maximum Gasteiger partial charge on any atom is 0.226 e. The molecule has 0 bridgehead atoms. The van der Waals surface area contributed by atoms with Gasteiger partial charge in [0.2, 0.25) is 11.8 Å². The Morgan fingerprint density at radius 2 is 1.58 bits per heavy atom. The van der Waals surface area contributed by atoms with Crippen molar-refractivity contribution >= 4 is 11.8 Å². The Hall–Kier alpha value is -1.70. The summed E-state index contributed by atoms with van der Waals surface area (Å²) in [5, 5.41) is 0. The molecule has 1 aliphatic heterocycles. The van der Waals surface area contributed by atoms with Crippen molar-refractivity contribution in [3.63, 3.8) is 0 Å². The molecule has 1 aliphatic rings. The largest absolute Gasteiger partial charge is 0.379 e. The molecule has 1 saturated heterocycles. The average molecular weight is 606 g/mol. The van der Waals surface area contributed by atoms with E-state index >= 15 is 0 Å². The van der Waals surface area contributed by atoms with Crippen molar-refractivity contribution in [2.45, 2.75) is 131 Å². The van der Waals surface area contributed by atoms with Crippen LogP contribution in [0.15, 0.2) is 24.8 Å². The van der Waals surface area contributed by atoms with E-state index in [1.54, 1.807) is 14.2 Å². The maximum absolute atomic E-state index is 14.3. The summed E-state index contributed by atoms with van der Waals surface area (Å²) >= 11 is 0. The highest BCUT2D eigenvalue weighted by Crippen LogP contribution is 2.32. The molecule has 1 rings (SSSR count). The Labute approximate surface area is 265 Å². The number of ether oxygens (including phenoxy) is 2. The van der Waals surface area contributed by atoms with Gasteiger partial charge in [-0.3, -0.25) is 14.5 Å². The second kappa shape index (κ2) is 18.3. The first kappa shape index (κ1) is 39.3. The highest BCUT2D eigenvalue weighted by Gasteiger charge is 2.41. The molecule has 8 atom stereocenters. The number of carbonyl (C=O) groups is 2. The van der Waals surface area contributed by atoms with E-state index < -0.39 is 6.10 Å². The second-order valence-electron chi connectivity index (χ2n) is 14.1. The van der Waals surface area contributed by atoms with Gasteiger partial charge < -0.3 is 19.3 Å². The monoisotopic (exact) mass is 606 g/mol. The highest BCUT2D eigenvalue weighted by molar-refractivity contribution is 5.80. The van der Waals surface area contributed by atoms with E-state index in [2.05, 4.69) is 87.4 Å². The number of amides is 2. The zero-order chi connectivity index (χ0) is 33.2. The van der Waals surface area contributed by atoms with E-state index in [9.17, 15) is 9.59 Å². The summed E-state index contributed by atoms with van der Waals surface area (Å²) in [6.45, 7) is 28.7. The fraction of sp³-hybridized carbons (Fsp3) is 0.833. The van der Waals surface area contributed by atoms with Crippen molar-refractivity contribution in [2.75, 3.05) is 34.9 Å². The van der Waals surface area contributed by atoms with Crippen LogP contribution in [0.25, 0.3) is 0 Å². The first-order valence-corrected chi connectivity index (χ1v) is 16.7. The van der Waals surface area contributed by atoms with Crippen molar-refractivity contribution in [1.82, 2.24) is 14.7 Å². The molecule has 7 unspecified atom stereocenters. The maximum atomic E-state index is 14.3. The first-order valence-electron chi connectivity index (χ1n) is 16.7. The number of hydrogen-bond donors (Lipinski definition) is 0. The summed E-state index contributed by atoms with van der Waals surface area (Å²) in [6.07, 6.45) is 5.00. The van der Waals surface area contributed by atoms with E-state index in [0.717, 1.165) is 24.8 Å². The van der Waals surface area contributed by atoms with Crippen LogP contribution in [0.1, 0.15) is 94.4 Å². The fourth-order valence-corrected chi connectivity index (χ4v) is 7.14. The minimum absolute atomic E-state index is 0.0126. The van der Waals surface area contributed by atoms with Crippen LogP contribution in [-0.2, 0) is 19.1 Å². The number of rotatable bonds is 19. The van der Waals surface area contributed by atoms with Crippen LogP contribution >= 0.6 is 0 Å². The molecule has 1 heterocycles. The van der Waals surface area contributed by atoms with Crippen LogP contribution in [0.3, 0.4) is 0 Å². The third kappa shape index (κ3) is 10.2. The smallest absolute Gasteiger partial charge is 0.226 e. The SMILES string of the molecule is C=CC(C)C(OC)C1CCCN1C(=O)CC(OC)C(C(C)CC)N(C)C(=O)[C@@H](CC(=C)C(C(C)C)N(C)C(C)C)C(C)C. The summed E-state index contributed by atoms with van der Waals surface area (Å²) in [6, 6.07) is 0.358. The summed E-state index contributed by atoms with van der Waals surface area (Å²) < 4.78 is 11.9. The number of nitrogens with zero attached hydrogens (tertiary/aromatic N) is 3. The topological polar surface area (TPSA) is 62.3 Å². The molecular weight excluding hydrogens is 538 g/mol. The van der Waals surface area contributed by atoms with Crippen LogP contribution in [0.2, 0.25) is 0 Å². The van der Waals surface area contributed by atoms with Crippen LogP contribution < -0.4 is 0 Å². The zero-order valence-corrected chi connectivity index (χ0v) is 30.1. The predicted octanol–water partition coefficient (Wildman–Crippen LogP) is 6.68. The molecule has 43 heavy (non-hydrogen) atoms. The van der Waals surface area contributed by atoms with Gasteiger partial charge >= 0.3 is 0 Å². The lowest BCUT2D eigenvalue weighted by molar-refractivity contribution is -0.147. The number of methoxy groups -OCH3 is 2. The number of likely N-dealkylation sites (N-methyl/N-ethyl adjacent to an activating group) is 2. The van der Waals surface area contributed by atoms with Crippen molar-refractivity contribution in [1.29, 1.82) is 0 Å². The van der Waals surface area contributed by atoms with Gasteiger partial charge in [0.15, 0.2) is 0 Å². The Kier molecular flexibility index (Phi) is 16.7. The van der Waals surface area contributed by atoms with Gasteiger partial charge in [-0.25, -0.2) is 0 Å². The quantitative estimate of drug-likeness (QED) is 0.154. The molecule has 0 saturated carbocycles. The van der Waals surface area contributed by atoms with Crippen LogP contribution in [0.5, 0.6) is 0 Å². The molecular formula is C36H67N3O4. The lowest BCUT2D eigenvalue weighted by atomic mass is 9.82. The molecule has 0 N–H and O–H groups in total. The van der Waals surface area contributed by atoms with Gasteiger partial charge in [0.25, 0.3) is 0 Å². The summed E-state index contributed by atoms with van der Waals surface area (Å²) in [7, 11) is 7.43. The summed E-state index contributed by atoms with van der Waals surface area (Å²) in [4.78, 5) is 34.4. The molecule has 0 spiro atoms. The summed E-state index contributed by atoms with van der Waals surface area (Å²) in [5.74, 6) is 0.781. The molecule has 0 aromatic carbocycles. The van der Waals surface area contributed by atoms with Crippen LogP contribution in [0, 0.1) is 29.6 Å². The lowest BCUT2D eigenvalue weighted by Gasteiger charge is -2.41. The van der Waals surface area contributed by atoms with Gasteiger partial charge in [-0.05, 0) is 57.9 Å². The van der Waals surface area contributed by atoms with Crippen molar-refractivity contribution in [3.05, 3.63) is 24.8 Å². The number of hydrogen-bond acceptors (Lipinski definition) is 5.